The number of carbonyl (C=O) groups is 4. The molecule has 0 aromatic carbocycles. The standard InChI is InChI=1S/C69H134O17P2/c1-9-62(8)48-40-32-27-28-36-44-52-69(74)86-65(56-80-67(72)50-42-34-26-20-23-31-39-47-61(6)7)58-84-88(77,78)82-54-63(70)53-81-87(75,76)83-57-64(85-68(73)51-43-35-25-19-15-17-22-30-38-46-60(4)5)55-79-66(71)49-41-33-24-18-14-12-10-11-13-16-21-29-37-45-59(2)3/h59-65,70H,9-58H2,1-8H3,(H,75,76)(H,77,78)/t62?,63?,64-,65-/m1/s1. The number of unbranched alkanes of at least 4 members (excludes halogenated alkanes) is 31. The first-order chi connectivity index (χ1) is 42.1. The summed E-state index contributed by atoms with van der Waals surface area (Å²) in [6, 6.07) is 0. The fourth-order valence-corrected chi connectivity index (χ4v) is 11.9. The van der Waals surface area contributed by atoms with Crippen LogP contribution < -0.4 is 0 Å². The third kappa shape index (κ3) is 61.6. The zero-order valence-electron chi connectivity index (χ0n) is 57.3. The van der Waals surface area contributed by atoms with Gasteiger partial charge in [0.2, 0.25) is 0 Å². The second-order valence-corrected chi connectivity index (χ2v) is 29.5. The summed E-state index contributed by atoms with van der Waals surface area (Å²) in [5.41, 5.74) is 0. The van der Waals surface area contributed by atoms with Crippen molar-refractivity contribution in [2.24, 2.45) is 23.7 Å². The minimum Gasteiger partial charge on any atom is -0.462 e. The highest BCUT2D eigenvalue weighted by Crippen LogP contribution is 2.45. The van der Waals surface area contributed by atoms with Gasteiger partial charge in [-0.3, -0.25) is 37.3 Å². The number of hydrogen-bond donors (Lipinski definition) is 3. The predicted molar refractivity (Wildman–Crippen MR) is 354 cm³/mol. The van der Waals surface area contributed by atoms with E-state index in [-0.39, 0.29) is 25.7 Å². The normalized spacial score (nSPS) is 14.6. The Morgan fingerprint density at radius 3 is 0.807 bits per heavy atom. The Hall–Kier alpha value is -1.94. The fraction of sp³-hybridized carbons (Fsp3) is 0.942. The molecule has 88 heavy (non-hydrogen) atoms. The molecule has 0 heterocycles. The minimum absolute atomic E-state index is 0.102. The lowest BCUT2D eigenvalue weighted by atomic mass is 10.00. The Bertz CT molecular complexity index is 1750. The molecule has 0 bridgehead atoms. The van der Waals surface area contributed by atoms with Gasteiger partial charge in [0.05, 0.1) is 26.4 Å². The number of phosphoric acid groups is 2. The Balaban J connectivity index is 5.23. The Morgan fingerprint density at radius 1 is 0.318 bits per heavy atom. The Labute approximate surface area is 537 Å². The topological polar surface area (TPSA) is 237 Å². The van der Waals surface area contributed by atoms with Crippen molar-refractivity contribution in [3.8, 4) is 0 Å². The van der Waals surface area contributed by atoms with Crippen LogP contribution in [0.2, 0.25) is 0 Å². The molecule has 3 N–H and O–H groups in total. The van der Waals surface area contributed by atoms with E-state index in [0.29, 0.717) is 31.6 Å². The molecule has 0 saturated heterocycles. The summed E-state index contributed by atoms with van der Waals surface area (Å²) >= 11 is 0. The SMILES string of the molecule is CCC(C)CCCCCCCCC(=O)O[C@H](COC(=O)CCCCCCCCCC(C)C)COP(=O)(O)OCC(O)COP(=O)(O)OC[C@@H](COC(=O)CCCCCCCCCCCCCCCC(C)C)OC(=O)CCCCCCCCCCCC(C)C. The largest absolute Gasteiger partial charge is 0.472 e. The van der Waals surface area contributed by atoms with Crippen molar-refractivity contribution < 1.29 is 80.2 Å². The van der Waals surface area contributed by atoms with Gasteiger partial charge < -0.3 is 33.8 Å². The van der Waals surface area contributed by atoms with Gasteiger partial charge in [-0.2, -0.15) is 0 Å². The van der Waals surface area contributed by atoms with Crippen LogP contribution in [0.4, 0.5) is 0 Å². The fourth-order valence-electron chi connectivity index (χ4n) is 10.3. The second kappa shape index (κ2) is 58.8. The molecule has 0 saturated carbocycles. The van der Waals surface area contributed by atoms with Crippen LogP contribution >= 0.6 is 15.6 Å². The zero-order chi connectivity index (χ0) is 65.4. The van der Waals surface area contributed by atoms with Crippen LogP contribution in [0.5, 0.6) is 0 Å². The third-order valence-electron chi connectivity index (χ3n) is 16.2. The summed E-state index contributed by atoms with van der Waals surface area (Å²) < 4.78 is 68.2. The quantitative estimate of drug-likeness (QED) is 0.0222. The van der Waals surface area contributed by atoms with E-state index in [2.05, 4.69) is 55.4 Å². The summed E-state index contributed by atoms with van der Waals surface area (Å²) in [4.78, 5) is 72.4. The van der Waals surface area contributed by atoms with Crippen LogP contribution in [-0.4, -0.2) is 96.7 Å². The molecular weight excluding hydrogens is 1160 g/mol. The van der Waals surface area contributed by atoms with E-state index >= 15 is 0 Å². The molecule has 0 amide bonds. The van der Waals surface area contributed by atoms with Crippen molar-refractivity contribution in [1.82, 2.24) is 0 Å². The molecule has 17 nitrogen and oxygen atoms in total. The molecule has 0 spiro atoms. The molecule has 522 valence electrons. The van der Waals surface area contributed by atoms with Gasteiger partial charge in [0.1, 0.15) is 19.3 Å². The highest BCUT2D eigenvalue weighted by Gasteiger charge is 2.30. The number of phosphoric ester groups is 2. The maximum Gasteiger partial charge on any atom is 0.472 e. The molecule has 4 unspecified atom stereocenters. The van der Waals surface area contributed by atoms with Gasteiger partial charge in [0.15, 0.2) is 12.2 Å². The lowest BCUT2D eigenvalue weighted by molar-refractivity contribution is -0.161. The van der Waals surface area contributed by atoms with Gasteiger partial charge >= 0.3 is 39.5 Å². The third-order valence-corrected chi connectivity index (χ3v) is 18.1. The maximum absolute atomic E-state index is 13.0. The van der Waals surface area contributed by atoms with Gasteiger partial charge in [0.25, 0.3) is 0 Å². The molecule has 0 aromatic rings. The molecule has 19 heteroatoms. The van der Waals surface area contributed by atoms with Crippen molar-refractivity contribution >= 4 is 39.5 Å². The zero-order valence-corrected chi connectivity index (χ0v) is 59.1. The molecule has 6 atom stereocenters. The van der Waals surface area contributed by atoms with Gasteiger partial charge in [-0.05, 0) is 49.4 Å². The lowest BCUT2D eigenvalue weighted by Crippen LogP contribution is -2.30. The summed E-state index contributed by atoms with van der Waals surface area (Å²) in [6.45, 7) is 14.0. The van der Waals surface area contributed by atoms with Crippen LogP contribution in [0.15, 0.2) is 0 Å². The average Bonchev–Trinajstić information content (AvgIpc) is 3.70. The van der Waals surface area contributed by atoms with E-state index in [9.17, 15) is 43.2 Å². The van der Waals surface area contributed by atoms with Crippen molar-refractivity contribution in [3.05, 3.63) is 0 Å². The predicted octanol–water partition coefficient (Wildman–Crippen LogP) is 19.3. The molecule has 0 aromatic heterocycles. The number of aliphatic hydroxyl groups is 1. The first kappa shape index (κ1) is 86.1. The lowest BCUT2D eigenvalue weighted by Gasteiger charge is -2.21. The van der Waals surface area contributed by atoms with E-state index in [1.807, 2.05) is 0 Å². The Morgan fingerprint density at radius 2 is 0.545 bits per heavy atom. The van der Waals surface area contributed by atoms with E-state index in [0.717, 1.165) is 114 Å². The van der Waals surface area contributed by atoms with Gasteiger partial charge in [-0.1, -0.05) is 287 Å². The number of carbonyl (C=O) groups excluding carboxylic acids is 4. The van der Waals surface area contributed by atoms with Crippen molar-refractivity contribution in [2.75, 3.05) is 39.6 Å². The minimum atomic E-state index is -4.95. The second-order valence-electron chi connectivity index (χ2n) is 26.6. The number of rotatable bonds is 66. The molecule has 0 aliphatic rings. The number of hydrogen-bond acceptors (Lipinski definition) is 15. The molecular formula is C69H134O17P2. The average molecular weight is 1300 g/mol. The highest BCUT2D eigenvalue weighted by molar-refractivity contribution is 7.47. The highest BCUT2D eigenvalue weighted by atomic mass is 31.2. The van der Waals surface area contributed by atoms with Gasteiger partial charge in [-0.15, -0.1) is 0 Å². The number of esters is 4. The Kier molecular flexibility index (Phi) is 57.6. The van der Waals surface area contributed by atoms with Crippen molar-refractivity contribution in [2.45, 2.75) is 356 Å². The van der Waals surface area contributed by atoms with Crippen LogP contribution in [0.1, 0.15) is 338 Å². The monoisotopic (exact) mass is 1300 g/mol. The van der Waals surface area contributed by atoms with Gasteiger partial charge in [-0.25, -0.2) is 9.13 Å². The number of ether oxygens (including phenoxy) is 4. The summed E-state index contributed by atoms with van der Waals surface area (Å²) in [5.74, 6) is 0.818. The molecule has 0 aliphatic carbocycles. The van der Waals surface area contributed by atoms with Crippen molar-refractivity contribution in [1.29, 1.82) is 0 Å². The molecule has 0 rings (SSSR count). The molecule has 0 radical (unpaired) electrons. The van der Waals surface area contributed by atoms with Crippen molar-refractivity contribution in [3.63, 3.8) is 0 Å². The molecule has 0 fully saturated rings. The van der Waals surface area contributed by atoms with Crippen LogP contribution in [-0.2, 0) is 65.4 Å². The van der Waals surface area contributed by atoms with E-state index in [1.54, 1.807) is 0 Å². The van der Waals surface area contributed by atoms with Crippen LogP contribution in [0, 0.1) is 23.7 Å². The summed E-state index contributed by atoms with van der Waals surface area (Å²) in [6.07, 6.45) is 40.5. The van der Waals surface area contributed by atoms with E-state index in [1.165, 1.54) is 135 Å². The maximum atomic E-state index is 13.0. The smallest absolute Gasteiger partial charge is 0.462 e. The summed E-state index contributed by atoms with van der Waals surface area (Å²) in [5, 5.41) is 10.6. The van der Waals surface area contributed by atoms with E-state index in [4.69, 9.17) is 37.0 Å². The van der Waals surface area contributed by atoms with Crippen LogP contribution in [0.3, 0.4) is 0 Å². The van der Waals surface area contributed by atoms with E-state index < -0.39 is 97.5 Å². The number of aliphatic hydroxyl groups excluding tert-OH is 1. The first-order valence-corrected chi connectivity index (χ1v) is 38.7. The first-order valence-electron chi connectivity index (χ1n) is 35.7. The molecule has 0 aliphatic heterocycles. The van der Waals surface area contributed by atoms with Gasteiger partial charge in [0, 0.05) is 25.7 Å². The summed E-state index contributed by atoms with van der Waals surface area (Å²) in [7, 11) is -9.90. The van der Waals surface area contributed by atoms with Crippen LogP contribution in [0.25, 0.3) is 0 Å².